The van der Waals surface area contributed by atoms with E-state index < -0.39 is 0 Å². The first-order valence-corrected chi connectivity index (χ1v) is 6.80. The Morgan fingerprint density at radius 3 is 2.48 bits per heavy atom. The minimum atomic E-state index is 0.622. The highest BCUT2D eigenvalue weighted by Gasteiger charge is 2.15. The van der Waals surface area contributed by atoms with Crippen molar-refractivity contribution >= 4 is 5.82 Å². The van der Waals surface area contributed by atoms with E-state index >= 15 is 0 Å². The van der Waals surface area contributed by atoms with Gasteiger partial charge in [-0.05, 0) is 6.92 Å². The van der Waals surface area contributed by atoms with Gasteiger partial charge < -0.3 is 9.88 Å². The van der Waals surface area contributed by atoms with Crippen molar-refractivity contribution in [2.75, 3.05) is 12.4 Å². The number of anilines is 1. The van der Waals surface area contributed by atoms with Crippen LogP contribution < -0.4 is 5.32 Å². The van der Waals surface area contributed by atoms with Crippen molar-refractivity contribution in [3.63, 3.8) is 0 Å². The van der Waals surface area contributed by atoms with Gasteiger partial charge in [0.2, 0.25) is 0 Å². The number of aryl methyl sites for hydroxylation is 1. The van der Waals surface area contributed by atoms with Crippen molar-refractivity contribution in [1.82, 2.24) is 19.5 Å². The quantitative estimate of drug-likeness (QED) is 0.801. The first-order valence-electron chi connectivity index (χ1n) is 6.80. The van der Waals surface area contributed by atoms with Crippen molar-refractivity contribution in [1.29, 1.82) is 0 Å². The van der Waals surface area contributed by atoms with Crippen LogP contribution in [-0.4, -0.2) is 26.6 Å². The predicted octanol–water partition coefficient (Wildman–Crippen LogP) is 2.89. The van der Waals surface area contributed by atoms with Crippen LogP contribution in [0.3, 0.4) is 0 Å². The summed E-state index contributed by atoms with van der Waals surface area (Å²) in [6, 6.07) is 10.1. The Hall–Kier alpha value is -2.69. The standard InChI is InChI=1S/C16H17N5/c1-11-13(12-7-5-4-6-8-12)19-15(20-14(11)17-2)16-18-9-10-21(16)3/h4-10H,1-3H3,(H,17,19,20). The van der Waals surface area contributed by atoms with E-state index in [9.17, 15) is 0 Å². The molecule has 5 heteroatoms. The summed E-state index contributed by atoms with van der Waals surface area (Å²) < 4.78 is 1.92. The lowest BCUT2D eigenvalue weighted by molar-refractivity contribution is 0.906. The average Bonchev–Trinajstić information content (AvgIpc) is 2.94. The van der Waals surface area contributed by atoms with Gasteiger partial charge in [0, 0.05) is 37.6 Å². The highest BCUT2D eigenvalue weighted by molar-refractivity contribution is 5.70. The highest BCUT2D eigenvalue weighted by Crippen LogP contribution is 2.27. The zero-order chi connectivity index (χ0) is 14.8. The van der Waals surface area contributed by atoms with Gasteiger partial charge in [0.05, 0.1) is 5.69 Å². The average molecular weight is 279 g/mol. The SMILES string of the molecule is CNc1nc(-c2nccn2C)nc(-c2ccccc2)c1C. The molecule has 0 bridgehead atoms. The third kappa shape index (κ3) is 2.38. The van der Waals surface area contributed by atoms with Crippen molar-refractivity contribution in [3.05, 3.63) is 48.3 Å². The lowest BCUT2D eigenvalue weighted by Crippen LogP contribution is -2.05. The second kappa shape index (κ2) is 5.36. The van der Waals surface area contributed by atoms with Gasteiger partial charge >= 0.3 is 0 Å². The van der Waals surface area contributed by atoms with Gasteiger partial charge in [0.15, 0.2) is 11.6 Å². The third-order valence-corrected chi connectivity index (χ3v) is 3.45. The molecule has 0 radical (unpaired) electrons. The van der Waals surface area contributed by atoms with Crippen LogP contribution in [0.2, 0.25) is 0 Å². The van der Waals surface area contributed by atoms with E-state index in [-0.39, 0.29) is 0 Å². The summed E-state index contributed by atoms with van der Waals surface area (Å²) in [6.07, 6.45) is 3.64. The smallest absolute Gasteiger partial charge is 0.198 e. The van der Waals surface area contributed by atoms with Crippen LogP contribution in [0.25, 0.3) is 22.9 Å². The van der Waals surface area contributed by atoms with Gasteiger partial charge in [0.25, 0.3) is 0 Å². The molecule has 0 aliphatic carbocycles. The lowest BCUT2D eigenvalue weighted by atomic mass is 10.1. The second-order valence-corrected chi connectivity index (χ2v) is 4.85. The summed E-state index contributed by atoms with van der Waals surface area (Å²) in [4.78, 5) is 13.6. The van der Waals surface area contributed by atoms with Crippen LogP contribution in [0, 0.1) is 6.92 Å². The maximum atomic E-state index is 4.72. The summed E-state index contributed by atoms with van der Waals surface area (Å²) in [6.45, 7) is 2.02. The van der Waals surface area contributed by atoms with E-state index in [2.05, 4.69) is 27.4 Å². The molecule has 0 aliphatic rings. The van der Waals surface area contributed by atoms with Crippen LogP contribution in [0.4, 0.5) is 5.82 Å². The highest BCUT2D eigenvalue weighted by atomic mass is 15.1. The van der Waals surface area contributed by atoms with Gasteiger partial charge in [-0.1, -0.05) is 30.3 Å². The molecule has 0 fully saturated rings. The maximum Gasteiger partial charge on any atom is 0.198 e. The molecule has 3 aromatic rings. The molecule has 2 aromatic heterocycles. The first-order chi connectivity index (χ1) is 10.2. The molecule has 1 N–H and O–H groups in total. The number of aromatic nitrogens is 4. The molecule has 0 saturated heterocycles. The Bertz CT molecular complexity index is 762. The minimum absolute atomic E-state index is 0.622. The Kier molecular flexibility index (Phi) is 3.39. The molecular formula is C16H17N5. The summed E-state index contributed by atoms with van der Waals surface area (Å²) in [5, 5.41) is 3.14. The van der Waals surface area contributed by atoms with E-state index in [1.165, 1.54) is 0 Å². The van der Waals surface area contributed by atoms with Crippen LogP contribution in [0.15, 0.2) is 42.7 Å². The molecule has 0 atom stereocenters. The maximum absolute atomic E-state index is 4.72. The molecule has 1 aromatic carbocycles. The van der Waals surface area contributed by atoms with Crippen molar-refractivity contribution in [3.8, 4) is 22.9 Å². The van der Waals surface area contributed by atoms with E-state index in [1.54, 1.807) is 6.20 Å². The molecule has 5 nitrogen and oxygen atoms in total. The first kappa shape index (κ1) is 13.3. The van der Waals surface area contributed by atoms with Crippen molar-refractivity contribution < 1.29 is 0 Å². The zero-order valence-electron chi connectivity index (χ0n) is 12.3. The molecule has 0 aliphatic heterocycles. The van der Waals surface area contributed by atoms with Crippen LogP contribution in [0.5, 0.6) is 0 Å². The van der Waals surface area contributed by atoms with Gasteiger partial charge in [-0.15, -0.1) is 0 Å². The Morgan fingerprint density at radius 1 is 1.10 bits per heavy atom. The molecule has 0 spiro atoms. The number of rotatable bonds is 3. The number of imidazole rings is 1. The molecule has 0 unspecified atom stereocenters. The van der Waals surface area contributed by atoms with Crippen LogP contribution in [-0.2, 0) is 7.05 Å². The summed E-state index contributed by atoms with van der Waals surface area (Å²) in [7, 11) is 3.80. The number of nitrogens with one attached hydrogen (secondary N) is 1. The fraction of sp³-hybridized carbons (Fsp3) is 0.188. The fourth-order valence-electron chi connectivity index (χ4n) is 2.32. The van der Waals surface area contributed by atoms with Gasteiger partial charge in [0.1, 0.15) is 5.82 Å². The van der Waals surface area contributed by atoms with Crippen LogP contribution in [0.1, 0.15) is 5.56 Å². The normalized spacial score (nSPS) is 10.6. The Morgan fingerprint density at radius 2 is 1.86 bits per heavy atom. The molecule has 2 heterocycles. The fourth-order valence-corrected chi connectivity index (χ4v) is 2.32. The minimum Gasteiger partial charge on any atom is -0.373 e. The van der Waals surface area contributed by atoms with E-state index in [1.807, 2.05) is 50.0 Å². The van der Waals surface area contributed by atoms with Gasteiger partial charge in [-0.25, -0.2) is 15.0 Å². The summed E-state index contributed by atoms with van der Waals surface area (Å²) >= 11 is 0. The predicted molar refractivity (Wildman–Crippen MR) is 84.0 cm³/mol. The molecule has 0 amide bonds. The van der Waals surface area contributed by atoms with Gasteiger partial charge in [-0.2, -0.15) is 0 Å². The largest absolute Gasteiger partial charge is 0.373 e. The Balaban J connectivity index is 2.23. The number of hydrogen-bond acceptors (Lipinski definition) is 4. The van der Waals surface area contributed by atoms with Gasteiger partial charge in [-0.3, -0.25) is 0 Å². The zero-order valence-corrected chi connectivity index (χ0v) is 12.3. The van der Waals surface area contributed by atoms with Crippen LogP contribution >= 0.6 is 0 Å². The summed E-state index contributed by atoms with van der Waals surface area (Å²) in [5.74, 6) is 2.20. The molecule has 106 valence electrons. The van der Waals surface area contributed by atoms with E-state index in [0.717, 1.165) is 28.5 Å². The van der Waals surface area contributed by atoms with E-state index in [0.29, 0.717) is 5.82 Å². The van der Waals surface area contributed by atoms with Crippen molar-refractivity contribution in [2.24, 2.45) is 7.05 Å². The third-order valence-electron chi connectivity index (χ3n) is 3.45. The molecular weight excluding hydrogens is 262 g/mol. The topological polar surface area (TPSA) is 55.6 Å². The second-order valence-electron chi connectivity index (χ2n) is 4.85. The molecule has 0 saturated carbocycles. The summed E-state index contributed by atoms with van der Waals surface area (Å²) in [5.41, 5.74) is 3.03. The number of nitrogens with zero attached hydrogens (tertiary/aromatic N) is 4. The Labute approximate surface area is 123 Å². The number of benzene rings is 1. The lowest BCUT2D eigenvalue weighted by Gasteiger charge is -2.12. The number of hydrogen-bond donors (Lipinski definition) is 1. The van der Waals surface area contributed by atoms with E-state index in [4.69, 9.17) is 4.98 Å². The van der Waals surface area contributed by atoms with Crippen molar-refractivity contribution in [2.45, 2.75) is 6.92 Å². The molecule has 3 rings (SSSR count). The molecule has 21 heavy (non-hydrogen) atoms. The monoisotopic (exact) mass is 279 g/mol.